The molecule has 3 aromatic heterocycles. The summed E-state index contributed by atoms with van der Waals surface area (Å²) in [6.07, 6.45) is 13.3. The van der Waals surface area contributed by atoms with Crippen LogP contribution in [0.2, 0.25) is 0 Å². The highest BCUT2D eigenvalue weighted by Gasteiger charge is 2.29. The van der Waals surface area contributed by atoms with E-state index in [-0.39, 0.29) is 11.7 Å². The smallest absolute Gasteiger partial charge is 0.295 e. The molecule has 0 amide bonds. The maximum Gasteiger partial charge on any atom is 0.328 e. The lowest BCUT2D eigenvalue weighted by Crippen LogP contribution is -2.34. The van der Waals surface area contributed by atoms with Gasteiger partial charge in [0, 0.05) is 35.3 Å². The normalized spacial score (nSPS) is 20.2. The van der Waals surface area contributed by atoms with Gasteiger partial charge in [0.25, 0.3) is 0 Å². The first kappa shape index (κ1) is 26.1. The molecule has 38 heavy (non-hydrogen) atoms. The summed E-state index contributed by atoms with van der Waals surface area (Å²) in [5.74, 6) is 1.54. The summed E-state index contributed by atoms with van der Waals surface area (Å²) in [4.78, 5) is 18.7. The highest BCUT2D eigenvalue weighted by atomic mass is 16.1. The summed E-state index contributed by atoms with van der Waals surface area (Å²) < 4.78 is 4.03. The van der Waals surface area contributed by atoms with E-state index in [1.54, 1.807) is 0 Å². The number of tetrazole rings is 1. The van der Waals surface area contributed by atoms with Gasteiger partial charge in [0.15, 0.2) is 0 Å². The molecule has 8 nitrogen and oxygen atoms in total. The van der Waals surface area contributed by atoms with E-state index < -0.39 is 0 Å². The largest absolute Gasteiger partial charge is 0.328 e. The molecule has 1 fully saturated rings. The Morgan fingerprint density at radius 1 is 1.00 bits per heavy atom. The molecule has 1 N–H and O–H groups in total. The highest BCUT2D eigenvalue weighted by Crippen LogP contribution is 2.35. The molecule has 0 bridgehead atoms. The van der Waals surface area contributed by atoms with Crippen LogP contribution in [0.5, 0.6) is 0 Å². The molecule has 0 spiro atoms. The van der Waals surface area contributed by atoms with Crippen LogP contribution in [-0.2, 0) is 13.0 Å². The Balaban J connectivity index is 1.45. The lowest BCUT2D eigenvalue weighted by atomic mass is 9.81. The first-order valence-corrected chi connectivity index (χ1v) is 14.2. The van der Waals surface area contributed by atoms with Crippen molar-refractivity contribution in [2.45, 2.75) is 84.7 Å². The molecular formula is C30H39N7O. The van der Waals surface area contributed by atoms with Crippen LogP contribution in [-0.4, -0.2) is 34.7 Å². The van der Waals surface area contributed by atoms with Gasteiger partial charge in [0.2, 0.25) is 5.82 Å². The second-order valence-corrected chi connectivity index (χ2v) is 10.9. The summed E-state index contributed by atoms with van der Waals surface area (Å²) in [5.41, 5.74) is 4.96. The van der Waals surface area contributed by atoms with Gasteiger partial charge in [-0.3, -0.25) is 14.1 Å². The summed E-state index contributed by atoms with van der Waals surface area (Å²) in [7, 11) is 0. The van der Waals surface area contributed by atoms with E-state index in [0.717, 1.165) is 47.3 Å². The number of aryl methyl sites for hydroxylation is 1. The summed E-state index contributed by atoms with van der Waals surface area (Å²) in [6.45, 7) is 7.33. The number of nitrogens with one attached hydrogen (secondary N) is 1. The fraction of sp³-hybridized carbons (Fsp3) is 0.500. The van der Waals surface area contributed by atoms with Crippen LogP contribution in [0.25, 0.3) is 22.5 Å². The average molecular weight is 514 g/mol. The molecule has 0 saturated heterocycles. The molecular weight excluding hydrogens is 474 g/mol. The van der Waals surface area contributed by atoms with Crippen molar-refractivity contribution < 1.29 is 0 Å². The molecule has 2 unspecified atom stereocenters. The number of pyridine rings is 1. The fourth-order valence-corrected chi connectivity index (χ4v) is 6.09. The maximum atomic E-state index is 13.9. The minimum Gasteiger partial charge on any atom is -0.295 e. The molecule has 200 valence electrons. The van der Waals surface area contributed by atoms with Crippen LogP contribution < -0.4 is 5.69 Å². The van der Waals surface area contributed by atoms with Crippen molar-refractivity contribution in [2.24, 2.45) is 11.8 Å². The minimum atomic E-state index is 0.105. The van der Waals surface area contributed by atoms with Gasteiger partial charge in [-0.25, -0.2) is 4.79 Å². The number of unbranched alkanes of at least 4 members (excludes halogenated alkanes) is 1. The van der Waals surface area contributed by atoms with E-state index in [1.807, 2.05) is 41.1 Å². The molecule has 5 rings (SSSR count). The second-order valence-electron chi connectivity index (χ2n) is 10.9. The van der Waals surface area contributed by atoms with Gasteiger partial charge in [0.1, 0.15) is 0 Å². The molecule has 0 radical (unpaired) electrons. The number of nitrogens with zero attached hydrogens (tertiary/aromatic N) is 6. The van der Waals surface area contributed by atoms with Crippen LogP contribution in [0.1, 0.15) is 83.1 Å². The SMILES string of the molecule is CCCCc1cn(C2C(C)CCCCCC2C)c(=O)n1Cc1ccc(-c2ccccc2-c2nn[nH]n2)cn1. The zero-order chi connectivity index (χ0) is 26.5. The third-order valence-corrected chi connectivity index (χ3v) is 8.15. The second kappa shape index (κ2) is 11.9. The molecule has 0 aliphatic heterocycles. The van der Waals surface area contributed by atoms with Crippen molar-refractivity contribution in [3.8, 4) is 22.5 Å². The monoisotopic (exact) mass is 513 g/mol. The molecule has 2 atom stereocenters. The van der Waals surface area contributed by atoms with Crippen molar-refractivity contribution in [1.82, 2.24) is 34.7 Å². The molecule has 3 heterocycles. The lowest BCUT2D eigenvalue weighted by Gasteiger charge is -2.32. The highest BCUT2D eigenvalue weighted by molar-refractivity contribution is 5.79. The van der Waals surface area contributed by atoms with E-state index >= 15 is 0 Å². The van der Waals surface area contributed by atoms with Crippen LogP contribution in [0.3, 0.4) is 0 Å². The third-order valence-electron chi connectivity index (χ3n) is 8.15. The number of hydrogen-bond acceptors (Lipinski definition) is 5. The van der Waals surface area contributed by atoms with E-state index in [1.165, 1.54) is 32.1 Å². The average Bonchev–Trinajstić information content (AvgIpc) is 3.56. The lowest BCUT2D eigenvalue weighted by molar-refractivity contribution is 0.205. The Bertz CT molecular complexity index is 1360. The third kappa shape index (κ3) is 5.49. The Kier molecular flexibility index (Phi) is 8.15. The standard InChI is InChI=1S/C30H39N7O/c1-4-5-13-25-20-37(28-21(2)11-7-6-8-12-22(28)3)30(38)36(25)19-24-17-16-23(18-31-24)26-14-9-10-15-27(26)29-32-34-35-33-29/h9-10,14-18,20-22,28H,4-8,11-13,19H2,1-3H3,(H,32,33,34,35). The molecule has 1 aromatic carbocycles. The number of imidazole rings is 1. The predicted molar refractivity (Wildman–Crippen MR) is 150 cm³/mol. The molecule has 1 aliphatic carbocycles. The molecule has 8 heteroatoms. The van der Waals surface area contributed by atoms with Crippen molar-refractivity contribution in [2.75, 3.05) is 0 Å². The maximum absolute atomic E-state index is 13.9. The first-order valence-electron chi connectivity index (χ1n) is 14.2. The summed E-state index contributed by atoms with van der Waals surface area (Å²) in [5, 5.41) is 14.5. The van der Waals surface area contributed by atoms with Gasteiger partial charge in [-0.15, -0.1) is 10.2 Å². The summed E-state index contributed by atoms with van der Waals surface area (Å²) >= 11 is 0. The zero-order valence-corrected chi connectivity index (χ0v) is 22.8. The van der Waals surface area contributed by atoms with E-state index in [0.29, 0.717) is 24.2 Å². The van der Waals surface area contributed by atoms with Gasteiger partial charge in [-0.2, -0.15) is 5.21 Å². The van der Waals surface area contributed by atoms with E-state index in [2.05, 4.69) is 58.2 Å². The van der Waals surface area contributed by atoms with Crippen LogP contribution in [0.4, 0.5) is 0 Å². The predicted octanol–water partition coefficient (Wildman–Crippen LogP) is 6.06. The van der Waals surface area contributed by atoms with Crippen molar-refractivity contribution in [3.05, 3.63) is 70.7 Å². The number of rotatable bonds is 8. The topological polar surface area (TPSA) is 94.3 Å². The van der Waals surface area contributed by atoms with E-state index in [4.69, 9.17) is 4.98 Å². The number of benzene rings is 1. The minimum absolute atomic E-state index is 0.105. The van der Waals surface area contributed by atoms with Crippen molar-refractivity contribution in [3.63, 3.8) is 0 Å². The van der Waals surface area contributed by atoms with Crippen LogP contribution in [0.15, 0.2) is 53.6 Å². The van der Waals surface area contributed by atoms with Crippen molar-refractivity contribution >= 4 is 0 Å². The zero-order valence-electron chi connectivity index (χ0n) is 22.8. The Hall–Kier alpha value is -3.55. The quantitative estimate of drug-likeness (QED) is 0.309. The molecule has 4 aromatic rings. The Morgan fingerprint density at radius 3 is 2.42 bits per heavy atom. The van der Waals surface area contributed by atoms with Gasteiger partial charge >= 0.3 is 5.69 Å². The van der Waals surface area contributed by atoms with Gasteiger partial charge in [0.05, 0.1) is 12.2 Å². The fourth-order valence-electron chi connectivity index (χ4n) is 6.09. The van der Waals surface area contributed by atoms with Crippen LogP contribution in [0, 0.1) is 11.8 Å². The Labute approximate surface area is 224 Å². The van der Waals surface area contributed by atoms with Crippen molar-refractivity contribution in [1.29, 1.82) is 0 Å². The van der Waals surface area contributed by atoms with Gasteiger partial charge in [-0.05, 0) is 54.4 Å². The summed E-state index contributed by atoms with van der Waals surface area (Å²) in [6, 6.07) is 12.3. The van der Waals surface area contributed by atoms with Gasteiger partial charge in [-0.1, -0.05) is 76.8 Å². The van der Waals surface area contributed by atoms with E-state index in [9.17, 15) is 4.79 Å². The molecule has 1 saturated carbocycles. The molecule has 1 aliphatic rings. The first-order chi connectivity index (χ1) is 18.6. The Morgan fingerprint density at radius 2 is 1.76 bits per heavy atom. The number of H-pyrrole nitrogens is 1. The van der Waals surface area contributed by atoms with Gasteiger partial charge < -0.3 is 0 Å². The number of hydrogen-bond donors (Lipinski definition) is 1. The van der Waals surface area contributed by atoms with Crippen LogP contribution >= 0.6 is 0 Å². The number of aromatic nitrogens is 7. The number of aromatic amines is 1.